The van der Waals surface area contributed by atoms with Crippen LogP contribution in [0, 0.1) is 5.92 Å². The average molecular weight is 255 g/mol. The topological polar surface area (TPSA) is 32.3 Å². The molecule has 0 saturated heterocycles. The highest BCUT2D eigenvalue weighted by Crippen LogP contribution is 2.25. The summed E-state index contributed by atoms with van der Waals surface area (Å²) in [6, 6.07) is 15.6. The molecular formula is C17H21NO. The number of hydrogen-bond acceptors (Lipinski definition) is 2. The van der Waals surface area contributed by atoms with Gasteiger partial charge in [-0.25, -0.2) is 0 Å². The molecule has 0 amide bonds. The molecule has 1 aliphatic rings. The molecule has 3 rings (SSSR count). The lowest BCUT2D eigenvalue weighted by atomic mass is 10.0. The fraction of sp³-hybridized carbons (Fsp3) is 0.412. The predicted octanol–water partition coefficient (Wildman–Crippen LogP) is 3.09. The quantitative estimate of drug-likeness (QED) is 0.880. The van der Waals surface area contributed by atoms with Crippen LogP contribution in [0.5, 0.6) is 0 Å². The van der Waals surface area contributed by atoms with Gasteiger partial charge in [0, 0.05) is 19.2 Å². The third kappa shape index (κ3) is 2.80. The zero-order valence-electron chi connectivity index (χ0n) is 11.2. The van der Waals surface area contributed by atoms with E-state index < -0.39 is 0 Å². The molecule has 2 aromatic rings. The Balaban J connectivity index is 1.68. The van der Waals surface area contributed by atoms with E-state index in [4.69, 9.17) is 0 Å². The first kappa shape index (κ1) is 12.6. The second-order valence-corrected chi connectivity index (χ2v) is 5.54. The average Bonchev–Trinajstić information content (AvgIpc) is 2.92. The van der Waals surface area contributed by atoms with Crippen LogP contribution in [0.1, 0.15) is 24.8 Å². The Morgan fingerprint density at radius 2 is 1.89 bits per heavy atom. The summed E-state index contributed by atoms with van der Waals surface area (Å²) in [5.41, 5.74) is 1.32. The van der Waals surface area contributed by atoms with Crippen LogP contribution >= 0.6 is 0 Å². The molecule has 2 heteroatoms. The van der Waals surface area contributed by atoms with Crippen molar-refractivity contribution in [1.82, 2.24) is 5.32 Å². The van der Waals surface area contributed by atoms with Crippen LogP contribution in [-0.4, -0.2) is 17.8 Å². The zero-order valence-corrected chi connectivity index (χ0v) is 11.2. The van der Waals surface area contributed by atoms with Crippen molar-refractivity contribution in [3.05, 3.63) is 48.0 Å². The molecule has 0 bridgehead atoms. The predicted molar refractivity (Wildman–Crippen MR) is 79.0 cm³/mol. The van der Waals surface area contributed by atoms with Crippen LogP contribution in [0.15, 0.2) is 42.5 Å². The van der Waals surface area contributed by atoms with Gasteiger partial charge in [0.1, 0.15) is 0 Å². The molecule has 2 unspecified atom stereocenters. The molecule has 0 radical (unpaired) electrons. The molecule has 1 fully saturated rings. The number of nitrogens with one attached hydrogen (secondary N) is 1. The van der Waals surface area contributed by atoms with E-state index in [1.54, 1.807) is 0 Å². The molecule has 2 aromatic carbocycles. The van der Waals surface area contributed by atoms with E-state index in [0.29, 0.717) is 18.6 Å². The van der Waals surface area contributed by atoms with Crippen molar-refractivity contribution in [1.29, 1.82) is 0 Å². The first-order valence-corrected chi connectivity index (χ1v) is 7.19. The van der Waals surface area contributed by atoms with Crippen LogP contribution in [-0.2, 0) is 6.54 Å². The third-order valence-electron chi connectivity index (χ3n) is 4.28. The van der Waals surface area contributed by atoms with Crippen LogP contribution < -0.4 is 5.32 Å². The maximum absolute atomic E-state index is 9.33. The van der Waals surface area contributed by atoms with Crippen LogP contribution in [0.3, 0.4) is 0 Å². The molecule has 0 spiro atoms. The molecule has 2 N–H and O–H groups in total. The number of benzene rings is 2. The Kier molecular flexibility index (Phi) is 3.81. The van der Waals surface area contributed by atoms with Gasteiger partial charge in [-0.15, -0.1) is 0 Å². The van der Waals surface area contributed by atoms with Gasteiger partial charge in [-0.1, -0.05) is 42.8 Å². The minimum Gasteiger partial charge on any atom is -0.396 e. The summed E-state index contributed by atoms with van der Waals surface area (Å²) in [5, 5.41) is 15.5. The minimum atomic E-state index is 0.315. The lowest BCUT2D eigenvalue weighted by Gasteiger charge is -2.19. The first-order valence-electron chi connectivity index (χ1n) is 7.19. The highest BCUT2D eigenvalue weighted by atomic mass is 16.3. The normalized spacial score (nSPS) is 23.0. The summed E-state index contributed by atoms with van der Waals surface area (Å²) in [6.45, 7) is 1.21. The summed E-state index contributed by atoms with van der Waals surface area (Å²) in [5.74, 6) is 0.445. The summed E-state index contributed by atoms with van der Waals surface area (Å²) in [6.07, 6.45) is 3.59. The maximum Gasteiger partial charge on any atom is 0.0474 e. The molecule has 0 heterocycles. The molecule has 1 aliphatic carbocycles. The SMILES string of the molecule is OCC1CCCC1NCc1ccc2ccccc2c1. The highest BCUT2D eigenvalue weighted by molar-refractivity contribution is 5.82. The van der Waals surface area contributed by atoms with E-state index in [-0.39, 0.29) is 0 Å². The molecule has 19 heavy (non-hydrogen) atoms. The van der Waals surface area contributed by atoms with Gasteiger partial charge in [-0.2, -0.15) is 0 Å². The molecule has 0 aliphatic heterocycles. The van der Waals surface area contributed by atoms with Crippen LogP contribution in [0.4, 0.5) is 0 Å². The van der Waals surface area contributed by atoms with Crippen molar-refractivity contribution in [2.45, 2.75) is 31.8 Å². The van der Waals surface area contributed by atoms with Gasteiger partial charge < -0.3 is 10.4 Å². The maximum atomic E-state index is 9.33. The molecule has 0 aromatic heterocycles. The summed E-state index contributed by atoms with van der Waals surface area (Å²) >= 11 is 0. The van der Waals surface area contributed by atoms with Gasteiger partial charge in [-0.05, 0) is 41.2 Å². The monoisotopic (exact) mass is 255 g/mol. The molecular weight excluding hydrogens is 234 g/mol. The van der Waals surface area contributed by atoms with Crippen LogP contribution in [0.25, 0.3) is 10.8 Å². The minimum absolute atomic E-state index is 0.315. The van der Waals surface area contributed by atoms with Gasteiger partial charge >= 0.3 is 0 Å². The second-order valence-electron chi connectivity index (χ2n) is 5.54. The van der Waals surface area contributed by atoms with Gasteiger partial charge in [0.05, 0.1) is 0 Å². The molecule has 2 nitrogen and oxygen atoms in total. The molecule has 1 saturated carbocycles. The summed E-state index contributed by atoms with van der Waals surface area (Å²) < 4.78 is 0. The smallest absolute Gasteiger partial charge is 0.0474 e. The van der Waals surface area contributed by atoms with Gasteiger partial charge in [0.25, 0.3) is 0 Å². The fourth-order valence-corrected chi connectivity index (χ4v) is 3.12. The third-order valence-corrected chi connectivity index (χ3v) is 4.28. The summed E-state index contributed by atoms with van der Waals surface area (Å²) in [4.78, 5) is 0. The van der Waals surface area contributed by atoms with Crippen molar-refractivity contribution in [2.24, 2.45) is 5.92 Å². The standard InChI is InChI=1S/C17H21NO/c19-12-16-6-3-7-17(16)18-11-13-8-9-14-4-1-2-5-15(14)10-13/h1-2,4-5,8-10,16-19H,3,6-7,11-12H2. The lowest BCUT2D eigenvalue weighted by Crippen LogP contribution is -2.33. The number of hydrogen-bond donors (Lipinski definition) is 2. The van der Waals surface area contributed by atoms with Gasteiger partial charge in [0.15, 0.2) is 0 Å². The van der Waals surface area contributed by atoms with E-state index >= 15 is 0 Å². The first-order chi connectivity index (χ1) is 9.36. The second kappa shape index (κ2) is 5.72. The van der Waals surface area contributed by atoms with Gasteiger partial charge in [-0.3, -0.25) is 0 Å². The molecule has 2 atom stereocenters. The Labute approximate surface area is 114 Å². The number of fused-ring (bicyclic) bond motifs is 1. The Bertz CT molecular complexity index is 552. The Morgan fingerprint density at radius 1 is 1.05 bits per heavy atom. The fourth-order valence-electron chi connectivity index (χ4n) is 3.12. The van der Waals surface area contributed by atoms with Crippen LogP contribution in [0.2, 0.25) is 0 Å². The Hall–Kier alpha value is -1.38. The van der Waals surface area contributed by atoms with E-state index in [1.807, 2.05) is 0 Å². The lowest BCUT2D eigenvalue weighted by molar-refractivity contribution is 0.205. The summed E-state index contributed by atoms with van der Waals surface area (Å²) in [7, 11) is 0. The Morgan fingerprint density at radius 3 is 2.74 bits per heavy atom. The van der Waals surface area contributed by atoms with Crippen molar-refractivity contribution in [3.8, 4) is 0 Å². The number of aliphatic hydroxyl groups is 1. The van der Waals surface area contributed by atoms with Gasteiger partial charge in [0.2, 0.25) is 0 Å². The van der Waals surface area contributed by atoms with Crippen molar-refractivity contribution in [2.75, 3.05) is 6.61 Å². The van der Waals surface area contributed by atoms with E-state index in [0.717, 1.165) is 13.0 Å². The van der Waals surface area contributed by atoms with E-state index in [1.165, 1.54) is 29.2 Å². The number of aliphatic hydroxyl groups excluding tert-OH is 1. The highest BCUT2D eigenvalue weighted by Gasteiger charge is 2.25. The van der Waals surface area contributed by atoms with Crippen molar-refractivity contribution in [3.63, 3.8) is 0 Å². The van der Waals surface area contributed by atoms with Crippen molar-refractivity contribution < 1.29 is 5.11 Å². The van der Waals surface area contributed by atoms with Crippen molar-refractivity contribution >= 4 is 10.8 Å². The van der Waals surface area contributed by atoms with E-state index in [9.17, 15) is 5.11 Å². The van der Waals surface area contributed by atoms with E-state index in [2.05, 4.69) is 47.8 Å². The largest absolute Gasteiger partial charge is 0.396 e. The zero-order chi connectivity index (χ0) is 13.1. The molecule has 100 valence electrons. The number of rotatable bonds is 4.